The number of amides is 2. The van der Waals surface area contributed by atoms with Crippen molar-refractivity contribution in [2.75, 3.05) is 37.0 Å². The minimum absolute atomic E-state index is 0.121. The lowest BCUT2D eigenvalue weighted by molar-refractivity contribution is -0.122. The zero-order valence-electron chi connectivity index (χ0n) is 17.0. The molecule has 0 fully saturated rings. The lowest BCUT2D eigenvalue weighted by atomic mass is 10.2. The largest absolute Gasteiger partial charge is 0.481 e. The molecule has 0 aromatic heterocycles. The quantitative estimate of drug-likeness (QED) is 0.742. The molecule has 0 unspecified atom stereocenters. The summed E-state index contributed by atoms with van der Waals surface area (Å²) in [7, 11) is 1.45. The van der Waals surface area contributed by atoms with E-state index >= 15 is 0 Å². The van der Waals surface area contributed by atoms with Crippen molar-refractivity contribution in [1.82, 2.24) is 4.90 Å². The van der Waals surface area contributed by atoms with Crippen molar-refractivity contribution < 1.29 is 22.7 Å². The highest BCUT2D eigenvalue weighted by molar-refractivity contribution is 7.92. The molecule has 2 aromatic carbocycles. The van der Waals surface area contributed by atoms with E-state index in [0.717, 1.165) is 10.6 Å². The summed E-state index contributed by atoms with van der Waals surface area (Å²) in [5.74, 6) is -0.0382. The van der Waals surface area contributed by atoms with Crippen LogP contribution in [0.2, 0.25) is 0 Å². The molecule has 0 bridgehead atoms. The third kappa shape index (κ3) is 5.95. The Morgan fingerprint density at radius 1 is 0.966 bits per heavy atom. The Bertz CT molecular complexity index is 970. The van der Waals surface area contributed by atoms with Gasteiger partial charge in [0.05, 0.1) is 11.9 Å². The average Bonchev–Trinajstić information content (AvgIpc) is 2.67. The topological polar surface area (TPSA) is 96.0 Å². The standard InChI is InChI=1S/C20H25N3O5S/c1-14(28-18-12-10-17(11-13-18)23(4)29(5,26)27)19(24)21-16-8-6-15(7-9-16)20(25)22(2)3/h6-14H,1-5H3,(H,21,24)/t14-/m0/s1. The van der Waals surface area contributed by atoms with Crippen LogP contribution in [0.5, 0.6) is 5.75 Å². The van der Waals surface area contributed by atoms with Gasteiger partial charge in [0.15, 0.2) is 6.10 Å². The summed E-state index contributed by atoms with van der Waals surface area (Å²) >= 11 is 0. The molecule has 0 radical (unpaired) electrons. The molecule has 0 spiro atoms. The predicted octanol–water partition coefficient (Wildman–Crippen LogP) is 2.19. The highest BCUT2D eigenvalue weighted by atomic mass is 32.2. The fourth-order valence-electron chi connectivity index (χ4n) is 2.38. The average molecular weight is 420 g/mol. The Labute approximate surface area is 171 Å². The molecule has 0 heterocycles. The first-order valence-corrected chi connectivity index (χ1v) is 10.7. The number of rotatable bonds is 7. The minimum Gasteiger partial charge on any atom is -0.481 e. The van der Waals surface area contributed by atoms with E-state index in [1.165, 1.54) is 11.9 Å². The summed E-state index contributed by atoms with van der Waals surface area (Å²) < 4.78 is 29.9. The molecule has 0 aliphatic heterocycles. The molecule has 8 nitrogen and oxygen atoms in total. The van der Waals surface area contributed by atoms with Crippen molar-refractivity contribution >= 4 is 33.2 Å². The third-order valence-corrected chi connectivity index (χ3v) is 5.39. The van der Waals surface area contributed by atoms with Gasteiger partial charge < -0.3 is 15.0 Å². The van der Waals surface area contributed by atoms with Crippen LogP contribution in [-0.4, -0.2) is 58.6 Å². The molecule has 0 saturated carbocycles. The van der Waals surface area contributed by atoms with Gasteiger partial charge in [0, 0.05) is 32.4 Å². The number of benzene rings is 2. The van der Waals surface area contributed by atoms with Crippen LogP contribution < -0.4 is 14.4 Å². The zero-order valence-corrected chi connectivity index (χ0v) is 17.9. The van der Waals surface area contributed by atoms with Crippen LogP contribution in [-0.2, 0) is 14.8 Å². The number of hydrogen-bond acceptors (Lipinski definition) is 5. The number of sulfonamides is 1. The van der Waals surface area contributed by atoms with E-state index in [9.17, 15) is 18.0 Å². The number of hydrogen-bond donors (Lipinski definition) is 1. The van der Waals surface area contributed by atoms with Crippen molar-refractivity contribution in [3.8, 4) is 5.75 Å². The first-order valence-electron chi connectivity index (χ1n) is 8.82. The lowest BCUT2D eigenvalue weighted by Crippen LogP contribution is -2.30. The van der Waals surface area contributed by atoms with E-state index in [1.807, 2.05) is 0 Å². The molecule has 1 N–H and O–H groups in total. The lowest BCUT2D eigenvalue weighted by Gasteiger charge is -2.18. The van der Waals surface area contributed by atoms with Gasteiger partial charge in [-0.25, -0.2) is 8.42 Å². The maximum atomic E-state index is 12.4. The summed E-state index contributed by atoms with van der Waals surface area (Å²) in [6.45, 7) is 1.61. The molecule has 9 heteroatoms. The first-order chi connectivity index (χ1) is 13.5. The molecule has 156 valence electrons. The number of nitrogens with one attached hydrogen (secondary N) is 1. The van der Waals surface area contributed by atoms with Gasteiger partial charge in [-0.3, -0.25) is 13.9 Å². The van der Waals surface area contributed by atoms with Crippen molar-refractivity contribution in [3.63, 3.8) is 0 Å². The zero-order chi connectivity index (χ0) is 21.8. The van der Waals surface area contributed by atoms with Crippen LogP contribution in [0.15, 0.2) is 48.5 Å². The summed E-state index contributed by atoms with van der Waals surface area (Å²) in [5, 5.41) is 2.73. The number of anilines is 2. The Morgan fingerprint density at radius 2 is 1.52 bits per heavy atom. The van der Waals surface area contributed by atoms with E-state index in [4.69, 9.17) is 4.74 Å². The maximum Gasteiger partial charge on any atom is 0.265 e. The van der Waals surface area contributed by atoms with Crippen molar-refractivity contribution in [2.24, 2.45) is 0 Å². The summed E-state index contributed by atoms with van der Waals surface area (Å²) in [4.78, 5) is 25.7. The van der Waals surface area contributed by atoms with E-state index in [-0.39, 0.29) is 11.8 Å². The molecule has 2 amide bonds. The van der Waals surface area contributed by atoms with Crippen LogP contribution >= 0.6 is 0 Å². The fraction of sp³-hybridized carbons (Fsp3) is 0.300. The molecular weight excluding hydrogens is 394 g/mol. The summed E-state index contributed by atoms with van der Waals surface area (Å²) in [6.07, 6.45) is 0.337. The number of carbonyl (C=O) groups is 2. The van der Waals surface area contributed by atoms with Crippen molar-refractivity contribution in [2.45, 2.75) is 13.0 Å². The number of nitrogens with zero attached hydrogens (tertiary/aromatic N) is 2. The molecule has 2 rings (SSSR count). The second-order valence-electron chi connectivity index (χ2n) is 6.75. The summed E-state index contributed by atoms with van der Waals surface area (Å²) in [6, 6.07) is 13.0. The summed E-state index contributed by atoms with van der Waals surface area (Å²) in [5.41, 5.74) is 1.56. The Kier molecular flexibility index (Phi) is 6.86. The van der Waals surface area contributed by atoms with E-state index in [2.05, 4.69) is 5.32 Å². The molecule has 29 heavy (non-hydrogen) atoms. The van der Waals surface area contributed by atoms with Crippen LogP contribution in [0.1, 0.15) is 17.3 Å². The molecule has 0 saturated heterocycles. The molecule has 1 atom stereocenters. The normalized spacial score (nSPS) is 12.0. The fourth-order valence-corrected chi connectivity index (χ4v) is 2.89. The smallest absolute Gasteiger partial charge is 0.265 e. The highest BCUT2D eigenvalue weighted by Gasteiger charge is 2.16. The molecule has 0 aliphatic rings. The van der Waals surface area contributed by atoms with Gasteiger partial charge in [-0.15, -0.1) is 0 Å². The van der Waals surface area contributed by atoms with Crippen molar-refractivity contribution in [3.05, 3.63) is 54.1 Å². The molecule has 2 aromatic rings. The van der Waals surface area contributed by atoms with E-state index in [0.29, 0.717) is 22.7 Å². The Morgan fingerprint density at radius 3 is 2.00 bits per heavy atom. The molecule has 0 aliphatic carbocycles. The highest BCUT2D eigenvalue weighted by Crippen LogP contribution is 2.21. The van der Waals surface area contributed by atoms with Crippen LogP contribution in [0.4, 0.5) is 11.4 Å². The van der Waals surface area contributed by atoms with E-state index in [1.54, 1.807) is 69.6 Å². The number of ether oxygens (including phenoxy) is 1. The monoisotopic (exact) mass is 419 g/mol. The van der Waals surface area contributed by atoms with Gasteiger partial charge in [0.1, 0.15) is 5.75 Å². The van der Waals surface area contributed by atoms with Gasteiger partial charge >= 0.3 is 0 Å². The van der Waals surface area contributed by atoms with Crippen LogP contribution in [0.25, 0.3) is 0 Å². The minimum atomic E-state index is -3.35. The van der Waals surface area contributed by atoms with Gasteiger partial charge in [-0.1, -0.05) is 0 Å². The van der Waals surface area contributed by atoms with Crippen LogP contribution in [0.3, 0.4) is 0 Å². The maximum absolute atomic E-state index is 12.4. The Hall–Kier alpha value is -3.07. The van der Waals surface area contributed by atoms with Crippen LogP contribution in [0, 0.1) is 0 Å². The van der Waals surface area contributed by atoms with E-state index < -0.39 is 16.1 Å². The number of carbonyl (C=O) groups excluding carboxylic acids is 2. The third-order valence-electron chi connectivity index (χ3n) is 4.19. The second-order valence-corrected chi connectivity index (χ2v) is 8.76. The Balaban J connectivity index is 1.98. The molecular formula is C20H25N3O5S. The SMILES string of the molecule is C[C@H](Oc1ccc(N(C)S(C)(=O)=O)cc1)C(=O)Nc1ccc(C(=O)N(C)C)cc1. The van der Waals surface area contributed by atoms with Crippen molar-refractivity contribution in [1.29, 1.82) is 0 Å². The predicted molar refractivity (Wildman–Crippen MR) is 113 cm³/mol. The van der Waals surface area contributed by atoms with Gasteiger partial charge in [0.2, 0.25) is 10.0 Å². The van der Waals surface area contributed by atoms with Gasteiger partial charge in [-0.2, -0.15) is 0 Å². The second kappa shape index (κ2) is 8.95. The van der Waals surface area contributed by atoms with Gasteiger partial charge in [-0.05, 0) is 55.5 Å². The van der Waals surface area contributed by atoms with Gasteiger partial charge in [0.25, 0.3) is 11.8 Å². The first kappa shape index (κ1) is 22.2.